The van der Waals surface area contributed by atoms with Crippen molar-refractivity contribution in [3.8, 4) is 0 Å². The molecule has 3 unspecified atom stereocenters. The van der Waals surface area contributed by atoms with Crippen LogP contribution in [0.25, 0.3) is 0 Å². The van der Waals surface area contributed by atoms with Gasteiger partial charge in [0.2, 0.25) is 5.91 Å². The number of phosphoric acid groups is 1. The smallest absolute Gasteiger partial charge is 0.268 e. The Labute approximate surface area is 393 Å². The molecule has 0 aliphatic heterocycles. The third-order valence-corrected chi connectivity index (χ3v) is 14.1. The average molecular weight is 915 g/mol. The highest BCUT2D eigenvalue weighted by Gasteiger charge is 2.24. The molecule has 63 heavy (non-hydrogen) atoms. The molecule has 9 heteroatoms. The summed E-state index contributed by atoms with van der Waals surface area (Å²) in [5.41, 5.74) is 0. The molecule has 3 atom stereocenters. The van der Waals surface area contributed by atoms with Crippen molar-refractivity contribution in [2.24, 2.45) is 0 Å². The maximum atomic E-state index is 12.8. The first kappa shape index (κ1) is 62.5. The van der Waals surface area contributed by atoms with E-state index in [1.54, 1.807) is 0 Å². The van der Waals surface area contributed by atoms with Gasteiger partial charge in [-0.3, -0.25) is 9.36 Å². The minimum atomic E-state index is -4.54. The van der Waals surface area contributed by atoms with E-state index in [4.69, 9.17) is 9.05 Å². The fraction of sp³-hybridized carbons (Fsp3) is 0.981. The number of carbonyl (C=O) groups is 1. The Morgan fingerprint density at radius 2 is 0.778 bits per heavy atom. The van der Waals surface area contributed by atoms with Crippen LogP contribution in [0.1, 0.15) is 290 Å². The standard InChI is InChI=1S/C54H111N2O6P/c1-6-8-10-12-13-14-15-16-17-18-19-20-21-22-23-24-25-26-27-28-29-30-31-32-33-34-35-36-37-38-39-40-41-42-43-44-46-48-54(58)55-52(53(57)47-45-11-9-7-2)51-62-63(59,60)61-50-49-56(3,4)5/h52-53,57H,6-51H2,1-5H3,(H-,55,58,59,60). The maximum Gasteiger partial charge on any atom is 0.268 e. The molecule has 0 aromatic rings. The molecule has 0 aromatic carbocycles. The zero-order valence-corrected chi connectivity index (χ0v) is 44.0. The van der Waals surface area contributed by atoms with E-state index in [0.29, 0.717) is 23.9 Å². The van der Waals surface area contributed by atoms with Crippen molar-refractivity contribution in [3.63, 3.8) is 0 Å². The lowest BCUT2D eigenvalue weighted by atomic mass is 10.0. The van der Waals surface area contributed by atoms with Gasteiger partial charge in [-0.2, -0.15) is 0 Å². The van der Waals surface area contributed by atoms with Gasteiger partial charge in [0.15, 0.2) is 0 Å². The molecule has 0 aromatic heterocycles. The van der Waals surface area contributed by atoms with Crippen LogP contribution in [-0.2, 0) is 18.4 Å². The van der Waals surface area contributed by atoms with E-state index in [0.717, 1.165) is 44.9 Å². The second kappa shape index (κ2) is 46.6. The summed E-state index contributed by atoms with van der Waals surface area (Å²) in [5, 5.41) is 13.7. The number of nitrogens with zero attached hydrogens (tertiary/aromatic N) is 1. The van der Waals surface area contributed by atoms with Crippen LogP contribution < -0.4 is 10.2 Å². The van der Waals surface area contributed by atoms with Crippen molar-refractivity contribution in [1.29, 1.82) is 0 Å². The van der Waals surface area contributed by atoms with E-state index in [1.807, 2.05) is 21.1 Å². The zero-order chi connectivity index (χ0) is 46.4. The number of unbranched alkanes of at least 4 members (excludes halogenated alkanes) is 39. The number of nitrogens with one attached hydrogen (secondary N) is 1. The SMILES string of the molecule is CCCCCCCCCCCCCCCCCCCCCCCCCCCCCCCCCCCCCCCC(=O)NC(COP(=O)([O-])OCC[N+](C)(C)C)C(O)CCCCCC. The molecule has 0 fully saturated rings. The molecule has 1 amide bonds. The molecule has 8 nitrogen and oxygen atoms in total. The summed E-state index contributed by atoms with van der Waals surface area (Å²) in [7, 11) is 1.31. The third-order valence-electron chi connectivity index (χ3n) is 13.1. The Kier molecular flexibility index (Phi) is 46.2. The first-order valence-electron chi connectivity index (χ1n) is 27.9. The number of hydrogen-bond acceptors (Lipinski definition) is 6. The second-order valence-electron chi connectivity index (χ2n) is 20.7. The van der Waals surface area contributed by atoms with Gasteiger partial charge in [0.1, 0.15) is 13.2 Å². The van der Waals surface area contributed by atoms with Gasteiger partial charge >= 0.3 is 0 Å². The summed E-state index contributed by atoms with van der Waals surface area (Å²) in [6.07, 6.45) is 55.3. The number of carbonyl (C=O) groups excluding carboxylic acids is 1. The van der Waals surface area contributed by atoms with Crippen molar-refractivity contribution >= 4 is 13.7 Å². The van der Waals surface area contributed by atoms with Gasteiger partial charge in [0.05, 0.1) is 39.9 Å². The predicted molar refractivity (Wildman–Crippen MR) is 270 cm³/mol. The molecule has 0 aliphatic carbocycles. The van der Waals surface area contributed by atoms with Crippen LogP contribution in [0.3, 0.4) is 0 Å². The van der Waals surface area contributed by atoms with Crippen molar-refractivity contribution in [1.82, 2.24) is 5.32 Å². The number of amides is 1. The lowest BCUT2D eigenvalue weighted by molar-refractivity contribution is -0.870. The molecule has 0 saturated carbocycles. The van der Waals surface area contributed by atoms with Crippen molar-refractivity contribution in [2.75, 3.05) is 40.9 Å². The van der Waals surface area contributed by atoms with E-state index in [2.05, 4.69) is 19.2 Å². The van der Waals surface area contributed by atoms with Gasteiger partial charge in [-0.05, 0) is 12.8 Å². The topological polar surface area (TPSA) is 108 Å². The molecular weight excluding hydrogens is 804 g/mol. The van der Waals surface area contributed by atoms with Crippen LogP contribution >= 0.6 is 7.82 Å². The van der Waals surface area contributed by atoms with E-state index in [1.165, 1.54) is 218 Å². The fourth-order valence-corrected chi connectivity index (χ4v) is 9.41. The van der Waals surface area contributed by atoms with Crippen LogP contribution in [0, 0.1) is 0 Å². The molecule has 0 bridgehead atoms. The average Bonchev–Trinajstić information content (AvgIpc) is 3.24. The molecule has 0 radical (unpaired) electrons. The zero-order valence-electron chi connectivity index (χ0n) is 43.1. The van der Waals surface area contributed by atoms with Crippen LogP contribution in [0.2, 0.25) is 0 Å². The molecule has 378 valence electrons. The molecule has 0 aliphatic rings. The van der Waals surface area contributed by atoms with Crippen LogP contribution in [0.5, 0.6) is 0 Å². The number of quaternary nitrogens is 1. The van der Waals surface area contributed by atoms with E-state index in [-0.39, 0.29) is 19.1 Å². The summed E-state index contributed by atoms with van der Waals surface area (Å²) >= 11 is 0. The van der Waals surface area contributed by atoms with Gasteiger partial charge in [-0.1, -0.05) is 271 Å². The van der Waals surface area contributed by atoms with Crippen molar-refractivity contribution in [3.05, 3.63) is 0 Å². The Morgan fingerprint density at radius 1 is 0.492 bits per heavy atom. The lowest BCUT2D eigenvalue weighted by Crippen LogP contribution is -2.46. The predicted octanol–water partition coefficient (Wildman–Crippen LogP) is 15.9. The van der Waals surface area contributed by atoms with Crippen molar-refractivity contribution < 1.29 is 32.9 Å². The van der Waals surface area contributed by atoms with Gasteiger partial charge in [-0.15, -0.1) is 0 Å². The van der Waals surface area contributed by atoms with Crippen LogP contribution in [0.15, 0.2) is 0 Å². The van der Waals surface area contributed by atoms with Gasteiger partial charge in [-0.25, -0.2) is 0 Å². The molecule has 0 heterocycles. The minimum Gasteiger partial charge on any atom is -0.756 e. The number of phosphoric ester groups is 1. The molecule has 2 N–H and O–H groups in total. The number of hydrogen-bond donors (Lipinski definition) is 2. The van der Waals surface area contributed by atoms with Crippen LogP contribution in [0.4, 0.5) is 0 Å². The number of aliphatic hydroxyl groups excluding tert-OH is 1. The Balaban J connectivity index is 3.60. The first-order chi connectivity index (χ1) is 30.5. The summed E-state index contributed by atoms with van der Waals surface area (Å²) < 4.78 is 23.1. The van der Waals surface area contributed by atoms with Gasteiger partial charge in [0, 0.05) is 6.42 Å². The summed E-state index contributed by atoms with van der Waals surface area (Å²) in [4.78, 5) is 25.1. The quantitative estimate of drug-likeness (QED) is 0.0357. The fourth-order valence-electron chi connectivity index (χ4n) is 8.69. The Bertz CT molecular complexity index is 994. The lowest BCUT2D eigenvalue weighted by Gasteiger charge is -2.30. The van der Waals surface area contributed by atoms with Crippen molar-refractivity contribution in [2.45, 2.75) is 302 Å². The molecular formula is C54H111N2O6P. The number of likely N-dealkylation sites (N-methyl/N-ethyl adjacent to an activating group) is 1. The summed E-state index contributed by atoms with van der Waals surface area (Å²) in [6.45, 7) is 4.63. The summed E-state index contributed by atoms with van der Waals surface area (Å²) in [6, 6.07) is -0.791. The highest BCUT2D eigenvalue weighted by molar-refractivity contribution is 7.45. The second-order valence-corrected chi connectivity index (χ2v) is 22.1. The largest absolute Gasteiger partial charge is 0.756 e. The highest BCUT2D eigenvalue weighted by atomic mass is 31.2. The van der Waals surface area contributed by atoms with Gasteiger partial charge in [0.25, 0.3) is 7.82 Å². The highest BCUT2D eigenvalue weighted by Crippen LogP contribution is 2.38. The summed E-state index contributed by atoms with van der Waals surface area (Å²) in [5.74, 6) is -0.167. The van der Waals surface area contributed by atoms with Crippen LogP contribution in [-0.4, -0.2) is 68.5 Å². The number of rotatable bonds is 52. The Morgan fingerprint density at radius 3 is 1.08 bits per heavy atom. The molecule has 0 spiro atoms. The monoisotopic (exact) mass is 915 g/mol. The first-order valence-corrected chi connectivity index (χ1v) is 29.3. The molecule has 0 saturated heterocycles. The van der Waals surface area contributed by atoms with E-state index >= 15 is 0 Å². The Hall–Kier alpha value is -0.500. The molecule has 0 rings (SSSR count). The normalized spacial score (nSPS) is 14.0. The van der Waals surface area contributed by atoms with Gasteiger partial charge < -0.3 is 28.8 Å². The van der Waals surface area contributed by atoms with E-state index < -0.39 is 20.0 Å². The minimum absolute atomic E-state index is 0.0145. The number of aliphatic hydroxyl groups is 1. The maximum absolute atomic E-state index is 12.8. The third kappa shape index (κ3) is 49.2. The van der Waals surface area contributed by atoms with E-state index in [9.17, 15) is 19.4 Å².